The van der Waals surface area contributed by atoms with Gasteiger partial charge in [0.25, 0.3) is 11.8 Å². The lowest BCUT2D eigenvalue weighted by Crippen LogP contribution is -2.34. The summed E-state index contributed by atoms with van der Waals surface area (Å²) in [7, 11) is 5.36. The van der Waals surface area contributed by atoms with Gasteiger partial charge in [-0.1, -0.05) is 27.7 Å². The zero-order chi connectivity index (χ0) is 30.1. The van der Waals surface area contributed by atoms with Crippen molar-refractivity contribution in [1.82, 2.24) is 19.4 Å². The summed E-state index contributed by atoms with van der Waals surface area (Å²) in [5.41, 5.74) is 2.90. The number of nitrogens with one attached hydrogen (secondary N) is 1. The lowest BCUT2D eigenvalue weighted by molar-refractivity contribution is 0.0600. The van der Waals surface area contributed by atoms with Crippen LogP contribution in [0.1, 0.15) is 78.0 Å². The number of anilines is 1. The Balaban J connectivity index is 1.93. The van der Waals surface area contributed by atoms with Crippen LogP contribution in [0.3, 0.4) is 0 Å². The topological polar surface area (TPSA) is 96.8 Å². The van der Waals surface area contributed by atoms with Gasteiger partial charge in [-0.05, 0) is 94.2 Å². The summed E-state index contributed by atoms with van der Waals surface area (Å²) in [6, 6.07) is 11.9. The number of hydrogen-bond acceptors (Lipinski definition) is 6. The second kappa shape index (κ2) is 14.8. The zero-order valence-electron chi connectivity index (χ0n) is 25.6. The van der Waals surface area contributed by atoms with Crippen molar-refractivity contribution in [2.24, 2.45) is 11.8 Å². The molecule has 0 bridgehead atoms. The second-order valence-corrected chi connectivity index (χ2v) is 11.6. The molecule has 0 saturated carbocycles. The number of carbonyl (C=O) groups is 3. The number of carbonyl (C=O) groups excluding carboxylic acids is 3. The van der Waals surface area contributed by atoms with Crippen LogP contribution in [0.15, 0.2) is 42.5 Å². The first-order valence-electron chi connectivity index (χ1n) is 14.4. The third-order valence-corrected chi connectivity index (χ3v) is 7.02. The minimum atomic E-state index is -0.461. The van der Waals surface area contributed by atoms with Crippen molar-refractivity contribution in [3.8, 4) is 0 Å². The van der Waals surface area contributed by atoms with E-state index < -0.39 is 5.97 Å². The highest BCUT2D eigenvalue weighted by Crippen LogP contribution is 2.24. The van der Waals surface area contributed by atoms with Gasteiger partial charge in [-0.3, -0.25) is 14.9 Å². The van der Waals surface area contributed by atoms with E-state index in [0.29, 0.717) is 46.5 Å². The van der Waals surface area contributed by atoms with Crippen LogP contribution in [-0.2, 0) is 11.3 Å². The van der Waals surface area contributed by atoms with Gasteiger partial charge in [-0.2, -0.15) is 0 Å². The van der Waals surface area contributed by atoms with E-state index in [0.717, 1.165) is 44.4 Å². The maximum atomic E-state index is 13.7. The fourth-order valence-corrected chi connectivity index (χ4v) is 4.50. The number of methoxy groups -OCH3 is 1. The molecule has 0 saturated heterocycles. The van der Waals surface area contributed by atoms with Gasteiger partial charge in [-0.15, -0.1) is 0 Å². The largest absolute Gasteiger partial charge is 0.465 e. The van der Waals surface area contributed by atoms with Crippen molar-refractivity contribution < 1.29 is 19.1 Å². The third kappa shape index (κ3) is 8.88. The van der Waals surface area contributed by atoms with Crippen molar-refractivity contribution in [3.05, 3.63) is 59.2 Å². The Kier molecular flexibility index (Phi) is 11.5. The van der Waals surface area contributed by atoms with E-state index in [1.165, 1.54) is 7.11 Å². The minimum Gasteiger partial charge on any atom is -0.465 e. The first-order valence-corrected chi connectivity index (χ1v) is 14.4. The quantitative estimate of drug-likeness (QED) is 0.258. The normalized spacial score (nSPS) is 11.5. The number of rotatable bonds is 14. The first kappa shape index (κ1) is 31.8. The van der Waals surface area contributed by atoms with Gasteiger partial charge in [0.2, 0.25) is 5.95 Å². The molecule has 0 fully saturated rings. The number of imidazole rings is 1. The molecule has 2 aromatic carbocycles. The minimum absolute atomic E-state index is 0.0190. The van der Waals surface area contributed by atoms with Crippen LogP contribution in [0, 0.1) is 11.8 Å². The molecule has 1 aromatic heterocycles. The van der Waals surface area contributed by atoms with Crippen LogP contribution in [0.5, 0.6) is 0 Å². The Morgan fingerprint density at radius 2 is 1.46 bits per heavy atom. The van der Waals surface area contributed by atoms with Gasteiger partial charge >= 0.3 is 5.97 Å². The molecule has 41 heavy (non-hydrogen) atoms. The van der Waals surface area contributed by atoms with Gasteiger partial charge in [0.1, 0.15) is 0 Å². The molecule has 0 spiro atoms. The van der Waals surface area contributed by atoms with E-state index in [1.54, 1.807) is 24.3 Å². The Bertz CT molecular complexity index is 1320. The molecule has 2 amide bonds. The van der Waals surface area contributed by atoms with Crippen LogP contribution in [0.25, 0.3) is 11.0 Å². The van der Waals surface area contributed by atoms with Crippen molar-refractivity contribution in [1.29, 1.82) is 0 Å². The molecule has 0 aliphatic heterocycles. The molecular formula is C32H45N5O4. The molecule has 0 unspecified atom stereocenters. The van der Waals surface area contributed by atoms with Gasteiger partial charge in [0, 0.05) is 30.8 Å². The molecule has 1 N–H and O–H groups in total. The monoisotopic (exact) mass is 563 g/mol. The molecule has 0 atom stereocenters. The molecule has 222 valence electrons. The maximum Gasteiger partial charge on any atom is 0.337 e. The number of benzene rings is 2. The number of hydrogen-bond donors (Lipinski definition) is 1. The maximum absolute atomic E-state index is 13.7. The Hall–Kier alpha value is -3.72. The molecule has 3 aromatic rings. The van der Waals surface area contributed by atoms with E-state index >= 15 is 0 Å². The van der Waals surface area contributed by atoms with Gasteiger partial charge in [-0.25, -0.2) is 9.78 Å². The fourth-order valence-electron chi connectivity index (χ4n) is 4.50. The predicted octanol–water partition coefficient (Wildman–Crippen LogP) is 5.56. The number of fused-ring (bicyclic) bond motifs is 1. The van der Waals surface area contributed by atoms with E-state index in [-0.39, 0.29) is 11.8 Å². The van der Waals surface area contributed by atoms with E-state index in [1.807, 2.05) is 41.8 Å². The summed E-state index contributed by atoms with van der Waals surface area (Å²) < 4.78 is 6.72. The standard InChI is InChI=1S/C32H45N5O4/c1-22(2)15-19-36(20-16-23(3)4)30(39)26-13-14-27-28(21-26)37(18-8-17-35(5)6)32(33-27)34-29(38)24-9-11-25(12-10-24)31(40)41-7/h9-14,21-23H,8,15-20H2,1-7H3,(H,33,34,38). The van der Waals surface area contributed by atoms with Crippen molar-refractivity contribution >= 4 is 34.8 Å². The van der Waals surface area contributed by atoms with Crippen LogP contribution >= 0.6 is 0 Å². The Morgan fingerprint density at radius 3 is 2.02 bits per heavy atom. The molecular weight excluding hydrogens is 518 g/mol. The number of aryl methyl sites for hydroxylation is 1. The average molecular weight is 564 g/mol. The zero-order valence-corrected chi connectivity index (χ0v) is 25.6. The lowest BCUT2D eigenvalue weighted by Gasteiger charge is -2.24. The summed E-state index contributed by atoms with van der Waals surface area (Å²) in [6.45, 7) is 11.6. The highest BCUT2D eigenvalue weighted by Gasteiger charge is 2.20. The van der Waals surface area contributed by atoms with Crippen LogP contribution in [0.2, 0.25) is 0 Å². The number of aromatic nitrogens is 2. The Labute approximate surface area is 243 Å². The molecule has 0 radical (unpaired) electrons. The van der Waals surface area contributed by atoms with E-state index in [4.69, 9.17) is 9.72 Å². The van der Waals surface area contributed by atoms with Crippen molar-refractivity contribution in [3.63, 3.8) is 0 Å². The van der Waals surface area contributed by atoms with Crippen LogP contribution < -0.4 is 5.32 Å². The highest BCUT2D eigenvalue weighted by molar-refractivity contribution is 6.05. The summed E-state index contributed by atoms with van der Waals surface area (Å²) in [5, 5.41) is 2.94. The average Bonchev–Trinajstić information content (AvgIpc) is 3.27. The van der Waals surface area contributed by atoms with E-state index in [9.17, 15) is 14.4 Å². The van der Waals surface area contributed by atoms with Gasteiger partial charge < -0.3 is 19.1 Å². The van der Waals surface area contributed by atoms with Gasteiger partial charge in [0.15, 0.2) is 0 Å². The molecule has 1 heterocycles. The van der Waals surface area contributed by atoms with Crippen molar-refractivity contribution in [2.45, 2.75) is 53.5 Å². The summed E-state index contributed by atoms with van der Waals surface area (Å²) >= 11 is 0. The van der Waals surface area contributed by atoms with Gasteiger partial charge in [0.05, 0.1) is 23.7 Å². The molecule has 3 rings (SSSR count). The summed E-state index contributed by atoms with van der Waals surface area (Å²) in [4.78, 5) is 47.4. The summed E-state index contributed by atoms with van der Waals surface area (Å²) in [5.74, 6) is 0.653. The third-order valence-electron chi connectivity index (χ3n) is 7.02. The first-order chi connectivity index (χ1) is 19.5. The number of ether oxygens (including phenoxy) is 1. The number of amides is 2. The molecule has 0 aliphatic carbocycles. The van der Waals surface area contributed by atoms with Crippen LogP contribution in [0.4, 0.5) is 5.95 Å². The lowest BCUT2D eigenvalue weighted by atomic mass is 10.1. The molecule has 9 heteroatoms. The second-order valence-electron chi connectivity index (χ2n) is 11.6. The predicted molar refractivity (Wildman–Crippen MR) is 163 cm³/mol. The SMILES string of the molecule is COC(=O)c1ccc(C(=O)Nc2nc3ccc(C(=O)N(CCC(C)C)CCC(C)C)cc3n2CCCN(C)C)cc1. The Morgan fingerprint density at radius 1 is 0.878 bits per heavy atom. The van der Waals surface area contributed by atoms with Crippen LogP contribution in [-0.4, -0.2) is 78.0 Å². The smallest absolute Gasteiger partial charge is 0.337 e. The van der Waals surface area contributed by atoms with Crippen molar-refractivity contribution in [2.75, 3.05) is 46.2 Å². The number of nitrogens with zero attached hydrogens (tertiary/aromatic N) is 4. The summed E-state index contributed by atoms with van der Waals surface area (Å²) in [6.07, 6.45) is 2.74. The molecule has 0 aliphatic rings. The number of esters is 1. The fraction of sp³-hybridized carbons (Fsp3) is 0.500. The van der Waals surface area contributed by atoms with E-state index in [2.05, 4.69) is 37.9 Å². The molecule has 9 nitrogen and oxygen atoms in total. The highest BCUT2D eigenvalue weighted by atomic mass is 16.5.